The highest BCUT2D eigenvalue weighted by Gasteiger charge is 2.48. The molecule has 0 fully saturated rings. The third-order valence-electron chi connectivity index (χ3n) is 2.99. The van der Waals surface area contributed by atoms with E-state index in [1.807, 2.05) is 0 Å². The van der Waals surface area contributed by atoms with Crippen molar-refractivity contribution in [2.75, 3.05) is 0 Å². The lowest BCUT2D eigenvalue weighted by molar-refractivity contribution is -0.149. The molecule has 0 aromatic heterocycles. The highest BCUT2D eigenvalue weighted by atomic mass is 31.2. The van der Waals surface area contributed by atoms with Crippen LogP contribution < -0.4 is 0 Å². The molecular formula is C8H17O5P. The normalized spacial score (nSPS) is 15.2. The lowest BCUT2D eigenvalue weighted by Gasteiger charge is -2.33. The molecule has 0 heterocycles. The minimum atomic E-state index is -4.35. The Labute approximate surface area is 83.3 Å². The van der Waals surface area contributed by atoms with Crippen LogP contribution in [0.15, 0.2) is 0 Å². The SMILES string of the molecule is CCC(CC)(C(=O)O)C(C)P(=O)(O)O. The summed E-state index contributed by atoms with van der Waals surface area (Å²) in [6.07, 6.45) is 0.427. The van der Waals surface area contributed by atoms with E-state index in [1.54, 1.807) is 13.8 Å². The predicted octanol–water partition coefficient (Wildman–Crippen LogP) is 1.44. The van der Waals surface area contributed by atoms with Gasteiger partial charge in [-0.1, -0.05) is 13.8 Å². The van der Waals surface area contributed by atoms with Gasteiger partial charge in [-0.3, -0.25) is 9.36 Å². The van der Waals surface area contributed by atoms with E-state index in [4.69, 9.17) is 14.9 Å². The van der Waals surface area contributed by atoms with E-state index >= 15 is 0 Å². The fourth-order valence-corrected chi connectivity index (χ4v) is 2.76. The summed E-state index contributed by atoms with van der Waals surface area (Å²) >= 11 is 0. The quantitative estimate of drug-likeness (QED) is 0.614. The second-order valence-corrected chi connectivity index (χ2v) is 5.39. The standard InChI is InChI=1S/C8H17O5P/c1-4-8(5-2,7(9)10)6(3)14(11,12)13/h6H,4-5H2,1-3H3,(H,9,10)(H2,11,12,13). The van der Waals surface area contributed by atoms with Crippen LogP contribution in [0.3, 0.4) is 0 Å². The lowest BCUT2D eigenvalue weighted by atomic mass is 9.79. The van der Waals surface area contributed by atoms with E-state index in [0.29, 0.717) is 0 Å². The van der Waals surface area contributed by atoms with Crippen LogP contribution in [0.4, 0.5) is 0 Å². The van der Waals surface area contributed by atoms with Crippen molar-refractivity contribution in [1.29, 1.82) is 0 Å². The van der Waals surface area contributed by atoms with Crippen molar-refractivity contribution in [3.05, 3.63) is 0 Å². The van der Waals surface area contributed by atoms with Gasteiger partial charge < -0.3 is 14.9 Å². The van der Waals surface area contributed by atoms with Crippen molar-refractivity contribution < 1.29 is 24.3 Å². The van der Waals surface area contributed by atoms with Crippen LogP contribution in [-0.4, -0.2) is 26.5 Å². The van der Waals surface area contributed by atoms with E-state index in [0.717, 1.165) is 0 Å². The molecule has 0 aliphatic carbocycles. The molecule has 5 nitrogen and oxygen atoms in total. The maximum atomic E-state index is 11.0. The van der Waals surface area contributed by atoms with Crippen molar-refractivity contribution in [1.82, 2.24) is 0 Å². The number of hydrogen-bond donors (Lipinski definition) is 3. The summed E-state index contributed by atoms with van der Waals surface area (Å²) in [5, 5.41) is 9.01. The van der Waals surface area contributed by atoms with Crippen LogP contribution in [0.2, 0.25) is 0 Å². The van der Waals surface area contributed by atoms with Crippen molar-refractivity contribution in [2.24, 2.45) is 5.41 Å². The molecule has 0 saturated carbocycles. The van der Waals surface area contributed by atoms with Crippen molar-refractivity contribution in [3.8, 4) is 0 Å². The highest BCUT2D eigenvalue weighted by Crippen LogP contribution is 2.52. The zero-order chi connectivity index (χ0) is 11.6. The second kappa shape index (κ2) is 4.43. The monoisotopic (exact) mass is 224 g/mol. The number of carboxylic acid groups (broad SMARTS) is 1. The van der Waals surface area contributed by atoms with E-state index < -0.39 is 24.6 Å². The molecule has 0 aromatic rings. The summed E-state index contributed by atoms with van der Waals surface area (Å²) in [6.45, 7) is 4.55. The molecule has 84 valence electrons. The van der Waals surface area contributed by atoms with Crippen LogP contribution in [0.1, 0.15) is 33.6 Å². The van der Waals surface area contributed by atoms with Crippen LogP contribution in [0.5, 0.6) is 0 Å². The molecular weight excluding hydrogens is 207 g/mol. The van der Waals surface area contributed by atoms with Crippen LogP contribution in [0.25, 0.3) is 0 Å². The van der Waals surface area contributed by atoms with Gasteiger partial charge in [0.05, 0.1) is 11.1 Å². The van der Waals surface area contributed by atoms with Crippen molar-refractivity contribution in [3.63, 3.8) is 0 Å². The molecule has 3 N–H and O–H groups in total. The van der Waals surface area contributed by atoms with Gasteiger partial charge in [-0.05, 0) is 19.8 Å². The number of aliphatic carboxylic acids is 1. The molecule has 0 rings (SSSR count). The maximum Gasteiger partial charge on any atom is 0.329 e. The summed E-state index contributed by atoms with van der Waals surface area (Å²) in [4.78, 5) is 29.0. The molecule has 0 spiro atoms. The summed E-state index contributed by atoms with van der Waals surface area (Å²) in [7, 11) is -4.35. The average molecular weight is 224 g/mol. The van der Waals surface area contributed by atoms with Crippen molar-refractivity contribution >= 4 is 13.6 Å². The zero-order valence-corrected chi connectivity index (χ0v) is 9.49. The van der Waals surface area contributed by atoms with Gasteiger partial charge in [0.15, 0.2) is 0 Å². The van der Waals surface area contributed by atoms with E-state index in [9.17, 15) is 9.36 Å². The molecule has 0 radical (unpaired) electrons. The Balaban J connectivity index is 5.21. The Kier molecular flexibility index (Phi) is 4.31. The summed E-state index contributed by atoms with van der Waals surface area (Å²) in [5.41, 5.74) is -2.47. The van der Waals surface area contributed by atoms with Gasteiger partial charge >= 0.3 is 13.6 Å². The van der Waals surface area contributed by atoms with Crippen LogP contribution in [-0.2, 0) is 9.36 Å². The first-order valence-corrected chi connectivity index (χ1v) is 6.19. The lowest BCUT2D eigenvalue weighted by Crippen LogP contribution is -2.39. The summed E-state index contributed by atoms with van der Waals surface area (Å²) < 4.78 is 11.0. The first-order valence-electron chi connectivity index (χ1n) is 4.51. The Bertz CT molecular complexity index is 252. The Morgan fingerprint density at radius 3 is 1.79 bits per heavy atom. The first-order chi connectivity index (χ1) is 6.22. The highest BCUT2D eigenvalue weighted by molar-refractivity contribution is 7.52. The molecule has 1 unspecified atom stereocenters. The predicted molar refractivity (Wildman–Crippen MR) is 52.2 cm³/mol. The van der Waals surface area contributed by atoms with Gasteiger partial charge in [0.2, 0.25) is 0 Å². The molecule has 6 heteroatoms. The van der Waals surface area contributed by atoms with Gasteiger partial charge in [0.25, 0.3) is 0 Å². The molecule has 0 bridgehead atoms. The Morgan fingerprint density at radius 2 is 1.71 bits per heavy atom. The van der Waals surface area contributed by atoms with Gasteiger partial charge in [-0.25, -0.2) is 0 Å². The molecule has 0 aliphatic rings. The third-order valence-corrected chi connectivity index (χ3v) is 4.50. The molecule has 14 heavy (non-hydrogen) atoms. The van der Waals surface area contributed by atoms with E-state index in [1.165, 1.54) is 6.92 Å². The Morgan fingerprint density at radius 1 is 1.36 bits per heavy atom. The van der Waals surface area contributed by atoms with E-state index in [-0.39, 0.29) is 12.8 Å². The van der Waals surface area contributed by atoms with Gasteiger partial charge in [0.1, 0.15) is 0 Å². The van der Waals surface area contributed by atoms with Crippen LogP contribution >= 0.6 is 7.60 Å². The third kappa shape index (κ3) is 2.35. The zero-order valence-electron chi connectivity index (χ0n) is 8.60. The topological polar surface area (TPSA) is 94.8 Å². The average Bonchev–Trinajstić information content (AvgIpc) is 2.05. The fourth-order valence-electron chi connectivity index (χ4n) is 1.64. The number of carboxylic acids is 1. The summed E-state index contributed by atoms with van der Waals surface area (Å²) in [5.74, 6) is -1.14. The first kappa shape index (κ1) is 13.6. The van der Waals surface area contributed by atoms with E-state index in [2.05, 4.69) is 0 Å². The molecule has 0 amide bonds. The molecule has 1 atom stereocenters. The second-order valence-electron chi connectivity index (χ2n) is 3.43. The maximum absolute atomic E-state index is 11.0. The Hall–Kier alpha value is -0.380. The van der Waals surface area contributed by atoms with Gasteiger partial charge in [-0.2, -0.15) is 0 Å². The minimum absolute atomic E-state index is 0.213. The summed E-state index contributed by atoms with van der Waals surface area (Å²) in [6, 6.07) is 0. The van der Waals surface area contributed by atoms with Gasteiger partial charge in [0, 0.05) is 0 Å². The smallest absolute Gasteiger partial charge is 0.329 e. The van der Waals surface area contributed by atoms with Crippen LogP contribution in [0, 0.1) is 5.41 Å². The molecule has 0 aromatic carbocycles. The number of carbonyl (C=O) groups is 1. The number of hydrogen-bond acceptors (Lipinski definition) is 2. The number of rotatable bonds is 5. The molecule has 0 saturated heterocycles. The molecule has 0 aliphatic heterocycles. The minimum Gasteiger partial charge on any atom is -0.481 e. The van der Waals surface area contributed by atoms with Crippen molar-refractivity contribution in [2.45, 2.75) is 39.3 Å². The largest absolute Gasteiger partial charge is 0.481 e. The fraction of sp³-hybridized carbons (Fsp3) is 0.875. The van der Waals surface area contributed by atoms with Gasteiger partial charge in [-0.15, -0.1) is 0 Å².